The summed E-state index contributed by atoms with van der Waals surface area (Å²) in [4.78, 5) is 1.35. The monoisotopic (exact) mass is 376 g/mol. The van der Waals surface area contributed by atoms with Crippen molar-refractivity contribution in [2.75, 3.05) is 19.3 Å². The molecule has 1 aliphatic carbocycles. The molecule has 134 valence electrons. The summed E-state index contributed by atoms with van der Waals surface area (Å²) in [7, 11) is -3.08. The van der Waals surface area contributed by atoms with E-state index < -0.39 is 10.0 Å². The molecule has 1 aromatic heterocycles. The van der Waals surface area contributed by atoms with E-state index in [2.05, 4.69) is 47.1 Å². The lowest BCUT2D eigenvalue weighted by Gasteiger charge is -2.39. The number of sulfonamides is 1. The topological polar surface area (TPSA) is 49.4 Å². The van der Waals surface area contributed by atoms with Crippen molar-refractivity contribution >= 4 is 21.4 Å². The third kappa shape index (κ3) is 3.28. The number of benzene rings is 1. The number of piperidine rings is 1. The van der Waals surface area contributed by atoms with Crippen LogP contribution in [0.3, 0.4) is 0 Å². The Morgan fingerprint density at radius 3 is 2.64 bits per heavy atom. The molecule has 1 aliphatic heterocycles. The van der Waals surface area contributed by atoms with E-state index in [1.165, 1.54) is 22.3 Å². The van der Waals surface area contributed by atoms with Crippen molar-refractivity contribution in [1.29, 1.82) is 0 Å². The zero-order chi connectivity index (χ0) is 17.5. The highest BCUT2D eigenvalue weighted by Gasteiger charge is 2.46. The Hall–Kier alpha value is -1.21. The molecule has 4 nitrogen and oxygen atoms in total. The summed E-state index contributed by atoms with van der Waals surface area (Å²) in [6.45, 7) is 2.15. The lowest BCUT2D eigenvalue weighted by molar-refractivity contribution is 0.220. The second-order valence-corrected chi connectivity index (χ2v) is 10.3. The van der Waals surface area contributed by atoms with Gasteiger partial charge < -0.3 is 5.32 Å². The number of fused-ring (bicyclic) bond motifs is 2. The van der Waals surface area contributed by atoms with Gasteiger partial charge in [-0.2, -0.15) is 0 Å². The van der Waals surface area contributed by atoms with E-state index in [0.29, 0.717) is 19.1 Å². The fraction of sp³-hybridized carbons (Fsp3) is 0.474. The fourth-order valence-electron chi connectivity index (χ4n) is 4.43. The summed E-state index contributed by atoms with van der Waals surface area (Å²) in [5.41, 5.74) is 2.93. The minimum atomic E-state index is -3.08. The first-order valence-electron chi connectivity index (χ1n) is 8.78. The molecule has 1 fully saturated rings. The Morgan fingerprint density at radius 2 is 1.96 bits per heavy atom. The van der Waals surface area contributed by atoms with E-state index in [-0.39, 0.29) is 5.41 Å². The van der Waals surface area contributed by atoms with Crippen molar-refractivity contribution in [3.05, 3.63) is 57.8 Å². The Labute approximate surface area is 153 Å². The Morgan fingerprint density at radius 1 is 1.20 bits per heavy atom. The van der Waals surface area contributed by atoms with E-state index in [4.69, 9.17) is 0 Å². The highest BCUT2D eigenvalue weighted by molar-refractivity contribution is 7.88. The molecule has 6 heteroatoms. The van der Waals surface area contributed by atoms with Crippen molar-refractivity contribution in [2.24, 2.45) is 0 Å². The summed E-state index contributed by atoms with van der Waals surface area (Å²) in [6, 6.07) is 13.3. The Kier molecular flexibility index (Phi) is 4.48. The van der Waals surface area contributed by atoms with Crippen molar-refractivity contribution in [3.63, 3.8) is 0 Å². The predicted octanol–water partition coefficient (Wildman–Crippen LogP) is 3.28. The Balaban J connectivity index is 1.55. The molecular formula is C19H24N2O2S2. The molecule has 1 saturated heterocycles. The van der Waals surface area contributed by atoms with E-state index >= 15 is 0 Å². The smallest absolute Gasteiger partial charge is 0.211 e. The molecule has 2 aliphatic rings. The van der Waals surface area contributed by atoms with Crippen LogP contribution in [0.15, 0.2) is 41.8 Å². The largest absolute Gasteiger partial charge is 0.305 e. The quantitative estimate of drug-likeness (QED) is 0.891. The molecular weight excluding hydrogens is 352 g/mol. The van der Waals surface area contributed by atoms with Gasteiger partial charge in [-0.15, -0.1) is 11.3 Å². The van der Waals surface area contributed by atoms with Crippen LogP contribution in [0.4, 0.5) is 0 Å². The van der Waals surface area contributed by atoms with Crippen molar-refractivity contribution < 1.29 is 8.42 Å². The maximum Gasteiger partial charge on any atom is 0.211 e. The normalized spacial score (nSPS) is 23.0. The molecule has 0 bridgehead atoms. The van der Waals surface area contributed by atoms with E-state index in [9.17, 15) is 8.42 Å². The van der Waals surface area contributed by atoms with E-state index in [1.807, 2.05) is 0 Å². The fourth-order valence-corrected chi connectivity index (χ4v) is 5.93. The number of thiophene rings is 1. The number of hydrogen-bond acceptors (Lipinski definition) is 4. The van der Waals surface area contributed by atoms with Crippen LogP contribution in [0.5, 0.6) is 0 Å². The van der Waals surface area contributed by atoms with E-state index in [1.54, 1.807) is 15.6 Å². The zero-order valence-corrected chi connectivity index (χ0v) is 16.1. The molecule has 2 aromatic rings. The molecule has 0 amide bonds. The summed E-state index contributed by atoms with van der Waals surface area (Å²) in [5.74, 6) is 0. The van der Waals surface area contributed by atoms with Crippen molar-refractivity contribution in [1.82, 2.24) is 9.62 Å². The highest BCUT2D eigenvalue weighted by Crippen LogP contribution is 2.50. The maximum atomic E-state index is 11.8. The highest BCUT2D eigenvalue weighted by atomic mass is 32.2. The van der Waals surface area contributed by atoms with Gasteiger partial charge in [0, 0.05) is 30.6 Å². The van der Waals surface area contributed by atoms with Gasteiger partial charge in [0.2, 0.25) is 10.0 Å². The first-order valence-corrected chi connectivity index (χ1v) is 11.5. The van der Waals surface area contributed by atoms with Gasteiger partial charge in [-0.25, -0.2) is 12.7 Å². The van der Waals surface area contributed by atoms with Crippen LogP contribution >= 0.6 is 11.3 Å². The second kappa shape index (κ2) is 6.50. The van der Waals surface area contributed by atoms with Crippen LogP contribution in [-0.2, 0) is 22.0 Å². The molecule has 1 atom stereocenters. The third-order valence-electron chi connectivity index (χ3n) is 5.75. The van der Waals surface area contributed by atoms with Crippen LogP contribution in [0.2, 0.25) is 0 Å². The van der Waals surface area contributed by atoms with Gasteiger partial charge in [0.15, 0.2) is 0 Å². The first kappa shape index (κ1) is 17.2. The SMILES string of the molecule is CS(=O)(=O)N1CCC2(CC1)C[C@H](NCc1cccs1)c1ccccc12. The van der Waals surface area contributed by atoms with Crippen LogP contribution in [0, 0.1) is 0 Å². The minimum absolute atomic E-state index is 0.116. The van der Waals surface area contributed by atoms with Gasteiger partial charge in [-0.3, -0.25) is 0 Å². The van der Waals surface area contributed by atoms with Crippen LogP contribution in [0.25, 0.3) is 0 Å². The average Bonchev–Trinajstić information content (AvgIpc) is 3.20. The van der Waals surface area contributed by atoms with Gasteiger partial charge in [0.1, 0.15) is 0 Å². The van der Waals surface area contributed by atoms with Crippen LogP contribution in [0.1, 0.15) is 41.3 Å². The van der Waals surface area contributed by atoms with Gasteiger partial charge >= 0.3 is 0 Å². The standard InChI is InChI=1S/C19H24N2O2S2/c1-25(22,23)21-10-8-19(9-11-21)13-18(16-6-2-3-7-17(16)19)20-14-15-5-4-12-24-15/h2-7,12,18,20H,8-11,13-14H2,1H3/t18-/m0/s1. The molecule has 1 aromatic carbocycles. The molecule has 2 heterocycles. The molecule has 0 unspecified atom stereocenters. The maximum absolute atomic E-state index is 11.8. The van der Waals surface area contributed by atoms with Gasteiger partial charge in [0.25, 0.3) is 0 Å². The predicted molar refractivity (Wildman–Crippen MR) is 102 cm³/mol. The Bertz CT molecular complexity index is 838. The summed E-state index contributed by atoms with van der Waals surface area (Å²) < 4.78 is 25.3. The van der Waals surface area contributed by atoms with Gasteiger partial charge in [-0.05, 0) is 47.3 Å². The molecule has 1 N–H and O–H groups in total. The summed E-state index contributed by atoms with van der Waals surface area (Å²) >= 11 is 1.78. The lowest BCUT2D eigenvalue weighted by atomic mass is 9.74. The summed E-state index contributed by atoms with van der Waals surface area (Å²) in [6.07, 6.45) is 4.21. The number of hydrogen-bond donors (Lipinski definition) is 1. The van der Waals surface area contributed by atoms with Gasteiger partial charge in [0.05, 0.1) is 6.26 Å². The third-order valence-corrected chi connectivity index (χ3v) is 7.93. The van der Waals surface area contributed by atoms with Gasteiger partial charge in [-0.1, -0.05) is 30.3 Å². The number of nitrogens with zero attached hydrogens (tertiary/aromatic N) is 1. The molecule has 0 saturated carbocycles. The van der Waals surface area contributed by atoms with Crippen LogP contribution in [-0.4, -0.2) is 32.1 Å². The van der Waals surface area contributed by atoms with Crippen LogP contribution < -0.4 is 5.32 Å². The average molecular weight is 377 g/mol. The van der Waals surface area contributed by atoms with E-state index in [0.717, 1.165) is 25.8 Å². The molecule has 25 heavy (non-hydrogen) atoms. The van der Waals surface area contributed by atoms with Crippen molar-refractivity contribution in [2.45, 2.75) is 37.3 Å². The molecule has 1 spiro atoms. The second-order valence-electron chi connectivity index (χ2n) is 7.25. The molecule has 0 radical (unpaired) electrons. The number of nitrogens with one attached hydrogen (secondary N) is 1. The molecule has 4 rings (SSSR count). The minimum Gasteiger partial charge on any atom is -0.305 e. The number of rotatable bonds is 4. The lowest BCUT2D eigenvalue weighted by Crippen LogP contribution is -2.44. The van der Waals surface area contributed by atoms with Crippen molar-refractivity contribution in [3.8, 4) is 0 Å². The first-order chi connectivity index (χ1) is 12.0. The zero-order valence-electron chi connectivity index (χ0n) is 14.4. The summed E-state index contributed by atoms with van der Waals surface area (Å²) in [5, 5.41) is 5.84.